The fourth-order valence-electron chi connectivity index (χ4n) is 1.48. The molecule has 4 nitrogen and oxygen atoms in total. The molecule has 0 atom stereocenters. The van der Waals surface area contributed by atoms with E-state index in [9.17, 15) is 0 Å². The van der Waals surface area contributed by atoms with E-state index in [1.165, 1.54) is 0 Å². The third-order valence-corrected chi connectivity index (χ3v) is 2.36. The van der Waals surface area contributed by atoms with E-state index in [0.717, 1.165) is 30.2 Å². The summed E-state index contributed by atoms with van der Waals surface area (Å²) in [6.07, 6.45) is 3.61. The van der Waals surface area contributed by atoms with Crippen LogP contribution in [-0.2, 0) is 0 Å². The summed E-state index contributed by atoms with van der Waals surface area (Å²) in [5, 5.41) is 3.05. The predicted molar refractivity (Wildman–Crippen MR) is 70.4 cm³/mol. The Labute approximate surface area is 101 Å². The molecule has 1 aromatic heterocycles. The van der Waals surface area contributed by atoms with Crippen molar-refractivity contribution in [3.8, 4) is 11.4 Å². The lowest BCUT2D eigenvalue weighted by Gasteiger charge is -1.94. The molecule has 0 unspecified atom stereocenters. The van der Waals surface area contributed by atoms with Gasteiger partial charge >= 0.3 is 0 Å². The van der Waals surface area contributed by atoms with Gasteiger partial charge in [-0.25, -0.2) is 4.98 Å². The van der Waals surface area contributed by atoms with Crippen LogP contribution in [0.5, 0.6) is 0 Å². The summed E-state index contributed by atoms with van der Waals surface area (Å²) in [5.41, 5.74) is 2.02. The van der Waals surface area contributed by atoms with Crippen LogP contribution in [0.25, 0.3) is 11.4 Å². The van der Waals surface area contributed by atoms with E-state index >= 15 is 0 Å². The van der Waals surface area contributed by atoms with Crippen molar-refractivity contribution < 1.29 is 0 Å². The molecule has 0 saturated heterocycles. The normalized spacial score (nSPS) is 11.1. The average molecular weight is 228 g/mol. The van der Waals surface area contributed by atoms with Gasteiger partial charge in [0.05, 0.1) is 18.4 Å². The van der Waals surface area contributed by atoms with E-state index < -0.39 is 0 Å². The van der Waals surface area contributed by atoms with Crippen LogP contribution in [0.4, 0.5) is 0 Å². The maximum absolute atomic E-state index is 4.32. The molecule has 0 amide bonds. The number of hydrogen-bond donors (Lipinski definition) is 2. The third kappa shape index (κ3) is 3.26. The second-order valence-electron chi connectivity index (χ2n) is 3.69. The Kier molecular flexibility index (Phi) is 4.05. The van der Waals surface area contributed by atoms with Crippen LogP contribution in [0, 0.1) is 0 Å². The monoisotopic (exact) mass is 228 g/mol. The smallest absolute Gasteiger partial charge is 0.137 e. The van der Waals surface area contributed by atoms with E-state index in [1.807, 2.05) is 43.6 Å². The van der Waals surface area contributed by atoms with Crippen LogP contribution >= 0.6 is 0 Å². The highest BCUT2D eigenvalue weighted by Gasteiger charge is 2.00. The zero-order valence-corrected chi connectivity index (χ0v) is 9.85. The van der Waals surface area contributed by atoms with E-state index in [4.69, 9.17) is 0 Å². The zero-order valence-electron chi connectivity index (χ0n) is 9.85. The van der Waals surface area contributed by atoms with Crippen molar-refractivity contribution in [2.45, 2.75) is 0 Å². The lowest BCUT2D eigenvalue weighted by molar-refractivity contribution is 0.804. The Hall–Kier alpha value is -1.94. The minimum Gasteiger partial charge on any atom is -0.337 e. The summed E-state index contributed by atoms with van der Waals surface area (Å²) in [4.78, 5) is 11.8. The highest BCUT2D eigenvalue weighted by molar-refractivity contribution is 5.77. The fourth-order valence-corrected chi connectivity index (χ4v) is 1.48. The molecule has 4 heteroatoms. The molecule has 2 N–H and O–H groups in total. The van der Waals surface area contributed by atoms with Crippen LogP contribution in [-0.4, -0.2) is 36.3 Å². The Morgan fingerprint density at radius 3 is 2.94 bits per heavy atom. The molecular formula is C13H16N4. The Bertz CT molecular complexity index is 473. The summed E-state index contributed by atoms with van der Waals surface area (Å²) in [7, 11) is 1.92. The van der Waals surface area contributed by atoms with Crippen molar-refractivity contribution in [3.05, 3.63) is 42.2 Å². The van der Waals surface area contributed by atoms with E-state index in [2.05, 4.69) is 20.3 Å². The van der Waals surface area contributed by atoms with Gasteiger partial charge in [0.1, 0.15) is 5.82 Å². The molecule has 0 aliphatic carbocycles. The topological polar surface area (TPSA) is 53.1 Å². The molecular weight excluding hydrogens is 212 g/mol. The zero-order chi connectivity index (χ0) is 11.9. The van der Waals surface area contributed by atoms with Gasteiger partial charge in [-0.05, 0) is 7.05 Å². The van der Waals surface area contributed by atoms with Gasteiger partial charge < -0.3 is 10.3 Å². The molecule has 0 spiro atoms. The summed E-state index contributed by atoms with van der Waals surface area (Å²) in [6.45, 7) is 1.66. The van der Waals surface area contributed by atoms with Crippen molar-refractivity contribution in [3.63, 3.8) is 0 Å². The van der Waals surface area contributed by atoms with Crippen molar-refractivity contribution in [1.82, 2.24) is 15.3 Å². The van der Waals surface area contributed by atoms with Crippen molar-refractivity contribution in [1.29, 1.82) is 0 Å². The second-order valence-corrected chi connectivity index (χ2v) is 3.69. The maximum atomic E-state index is 4.32. The van der Waals surface area contributed by atoms with Gasteiger partial charge in [-0.1, -0.05) is 30.3 Å². The number of nitrogens with zero attached hydrogens (tertiary/aromatic N) is 2. The first-order valence-corrected chi connectivity index (χ1v) is 5.65. The first-order valence-electron chi connectivity index (χ1n) is 5.65. The molecule has 88 valence electrons. The fraction of sp³-hybridized carbons (Fsp3) is 0.231. The lowest BCUT2D eigenvalue weighted by Crippen LogP contribution is -2.10. The standard InChI is InChI=1S/C13H16N4/c1-14-7-8-15-9-12-10-16-13(17-12)11-5-3-2-4-6-11/h2-6,9-10,14H,7-8H2,1H3,(H,16,17). The van der Waals surface area contributed by atoms with Crippen LogP contribution in [0.2, 0.25) is 0 Å². The third-order valence-electron chi connectivity index (χ3n) is 2.36. The number of rotatable bonds is 5. The molecule has 0 bridgehead atoms. The maximum Gasteiger partial charge on any atom is 0.137 e. The van der Waals surface area contributed by atoms with Gasteiger partial charge in [0, 0.05) is 18.3 Å². The second kappa shape index (κ2) is 5.96. The SMILES string of the molecule is CNCCN=Cc1cnc(-c2ccccc2)[nH]1. The Morgan fingerprint density at radius 2 is 2.18 bits per heavy atom. The molecule has 1 heterocycles. The molecule has 2 rings (SSSR count). The number of aromatic nitrogens is 2. The summed E-state index contributed by atoms with van der Waals surface area (Å²) >= 11 is 0. The lowest BCUT2D eigenvalue weighted by atomic mass is 10.2. The highest BCUT2D eigenvalue weighted by Crippen LogP contribution is 2.13. The number of likely N-dealkylation sites (N-methyl/N-ethyl adjacent to an activating group) is 1. The number of aliphatic imine (C=N–C) groups is 1. The van der Waals surface area contributed by atoms with Crippen molar-refractivity contribution in [2.24, 2.45) is 4.99 Å². The van der Waals surface area contributed by atoms with Gasteiger partial charge in [-0.15, -0.1) is 0 Å². The minimum absolute atomic E-state index is 0.774. The van der Waals surface area contributed by atoms with Gasteiger partial charge in [-0.3, -0.25) is 4.99 Å². The van der Waals surface area contributed by atoms with Gasteiger partial charge in [0.25, 0.3) is 0 Å². The van der Waals surface area contributed by atoms with E-state index in [1.54, 1.807) is 6.20 Å². The van der Waals surface area contributed by atoms with Gasteiger partial charge in [0.2, 0.25) is 0 Å². The largest absolute Gasteiger partial charge is 0.337 e. The van der Waals surface area contributed by atoms with Gasteiger partial charge in [0.15, 0.2) is 0 Å². The Balaban J connectivity index is 2.04. The van der Waals surface area contributed by atoms with Crippen molar-refractivity contribution >= 4 is 6.21 Å². The number of aromatic amines is 1. The molecule has 1 aromatic carbocycles. The predicted octanol–water partition coefficient (Wildman–Crippen LogP) is 1.71. The molecule has 0 aliphatic heterocycles. The number of hydrogen-bond acceptors (Lipinski definition) is 3. The summed E-state index contributed by atoms with van der Waals surface area (Å²) < 4.78 is 0. The van der Waals surface area contributed by atoms with E-state index in [-0.39, 0.29) is 0 Å². The number of nitrogens with one attached hydrogen (secondary N) is 2. The number of imidazole rings is 1. The molecule has 0 radical (unpaired) electrons. The van der Waals surface area contributed by atoms with Crippen molar-refractivity contribution in [2.75, 3.05) is 20.1 Å². The molecule has 0 aliphatic rings. The quantitative estimate of drug-likeness (QED) is 0.604. The van der Waals surface area contributed by atoms with E-state index in [0.29, 0.717) is 0 Å². The van der Waals surface area contributed by atoms with Crippen LogP contribution in [0.15, 0.2) is 41.5 Å². The first-order chi connectivity index (χ1) is 8.40. The van der Waals surface area contributed by atoms with Crippen LogP contribution in [0.3, 0.4) is 0 Å². The first kappa shape index (κ1) is 11.5. The molecule has 17 heavy (non-hydrogen) atoms. The summed E-state index contributed by atoms with van der Waals surface area (Å²) in [6, 6.07) is 10.0. The highest BCUT2D eigenvalue weighted by atomic mass is 14.9. The number of benzene rings is 1. The Morgan fingerprint density at radius 1 is 1.35 bits per heavy atom. The molecule has 0 fully saturated rings. The van der Waals surface area contributed by atoms with Gasteiger partial charge in [-0.2, -0.15) is 0 Å². The van der Waals surface area contributed by atoms with Crippen LogP contribution in [0.1, 0.15) is 5.69 Å². The minimum atomic E-state index is 0.774. The van der Waals surface area contributed by atoms with Crippen LogP contribution < -0.4 is 5.32 Å². The molecule has 2 aromatic rings. The molecule has 0 saturated carbocycles. The summed E-state index contributed by atoms with van der Waals surface area (Å²) in [5.74, 6) is 0.876. The number of H-pyrrole nitrogens is 1. The average Bonchev–Trinajstić information content (AvgIpc) is 2.85.